The number of carbonyl (C=O) groups is 1. The van der Waals surface area contributed by atoms with Crippen molar-refractivity contribution in [3.8, 4) is 11.3 Å². The first kappa shape index (κ1) is 12.4. The molecule has 1 heterocycles. The van der Waals surface area contributed by atoms with Crippen molar-refractivity contribution < 1.29 is 9.90 Å². The fourth-order valence-electron chi connectivity index (χ4n) is 2.06. The molecule has 0 aliphatic rings. The van der Waals surface area contributed by atoms with Gasteiger partial charge in [-0.15, -0.1) is 0 Å². The molecule has 0 saturated carbocycles. The van der Waals surface area contributed by atoms with Crippen LogP contribution in [0.15, 0.2) is 24.3 Å². The highest BCUT2D eigenvalue weighted by molar-refractivity contribution is 5.71. The molecular weight excluding hydrogens is 228 g/mol. The molecule has 0 fully saturated rings. The molecule has 0 bridgehead atoms. The summed E-state index contributed by atoms with van der Waals surface area (Å²) in [5, 5.41) is 13.2. The van der Waals surface area contributed by atoms with E-state index in [0.29, 0.717) is 5.69 Å². The molecule has 0 aliphatic carbocycles. The zero-order valence-electron chi connectivity index (χ0n) is 10.8. The zero-order valence-corrected chi connectivity index (χ0v) is 10.8. The molecule has 0 aliphatic heterocycles. The lowest BCUT2D eigenvalue weighted by Crippen LogP contribution is -2.05. The molecule has 0 spiro atoms. The van der Waals surface area contributed by atoms with Gasteiger partial charge >= 0.3 is 5.97 Å². The number of carboxylic acid groups (broad SMARTS) is 1. The van der Waals surface area contributed by atoms with Crippen LogP contribution in [0.3, 0.4) is 0 Å². The van der Waals surface area contributed by atoms with Gasteiger partial charge in [0.15, 0.2) is 0 Å². The lowest BCUT2D eigenvalue weighted by molar-refractivity contribution is -0.136. The van der Waals surface area contributed by atoms with E-state index in [1.165, 1.54) is 5.56 Å². The summed E-state index contributed by atoms with van der Waals surface area (Å²) in [5.41, 5.74) is 4.93. The minimum Gasteiger partial charge on any atom is -0.481 e. The zero-order chi connectivity index (χ0) is 13.3. The second-order valence-electron chi connectivity index (χ2n) is 4.53. The number of benzene rings is 1. The first-order valence-corrected chi connectivity index (χ1v) is 5.79. The molecule has 1 N–H and O–H groups in total. The van der Waals surface area contributed by atoms with Crippen LogP contribution in [-0.4, -0.2) is 20.9 Å². The van der Waals surface area contributed by atoms with E-state index in [1.807, 2.05) is 32.0 Å². The highest BCUT2D eigenvalue weighted by atomic mass is 16.4. The number of hydrogen-bond donors (Lipinski definition) is 1. The standard InChI is InChI=1S/C14H16N2O2/c1-9-4-5-12(10(2)6-9)13-7-11(8-14(17)18)16(3)15-13/h4-7H,8H2,1-3H3,(H,17,18). The van der Waals surface area contributed by atoms with Crippen LogP contribution in [-0.2, 0) is 18.3 Å². The lowest BCUT2D eigenvalue weighted by Gasteiger charge is -2.03. The molecule has 2 aromatic rings. The summed E-state index contributed by atoms with van der Waals surface area (Å²) in [4.78, 5) is 10.7. The number of aryl methyl sites for hydroxylation is 3. The van der Waals surface area contributed by atoms with Crippen LogP contribution in [0, 0.1) is 13.8 Å². The van der Waals surface area contributed by atoms with Crippen molar-refractivity contribution in [1.29, 1.82) is 0 Å². The Morgan fingerprint density at radius 2 is 2.06 bits per heavy atom. The number of hydrogen-bond acceptors (Lipinski definition) is 2. The van der Waals surface area contributed by atoms with E-state index in [4.69, 9.17) is 5.11 Å². The molecule has 1 aromatic heterocycles. The predicted octanol–water partition coefficient (Wildman–Crippen LogP) is 2.33. The highest BCUT2D eigenvalue weighted by Gasteiger charge is 2.11. The van der Waals surface area contributed by atoms with E-state index in [0.717, 1.165) is 16.8 Å². The molecule has 0 saturated heterocycles. The van der Waals surface area contributed by atoms with Crippen LogP contribution in [0.5, 0.6) is 0 Å². The number of aromatic nitrogens is 2. The SMILES string of the molecule is Cc1ccc(-c2cc(CC(=O)O)n(C)n2)c(C)c1. The van der Waals surface area contributed by atoms with E-state index in [-0.39, 0.29) is 6.42 Å². The van der Waals surface area contributed by atoms with Crippen LogP contribution in [0.4, 0.5) is 0 Å². The van der Waals surface area contributed by atoms with Gasteiger partial charge in [0.2, 0.25) is 0 Å². The number of nitrogens with zero attached hydrogens (tertiary/aromatic N) is 2. The van der Waals surface area contributed by atoms with Gasteiger partial charge < -0.3 is 5.11 Å². The maximum absolute atomic E-state index is 10.7. The van der Waals surface area contributed by atoms with Crippen molar-refractivity contribution in [2.45, 2.75) is 20.3 Å². The van der Waals surface area contributed by atoms with Crippen molar-refractivity contribution in [2.24, 2.45) is 7.05 Å². The van der Waals surface area contributed by atoms with E-state index in [2.05, 4.69) is 11.2 Å². The van der Waals surface area contributed by atoms with Crippen molar-refractivity contribution in [1.82, 2.24) is 9.78 Å². The molecule has 1 aromatic carbocycles. The van der Waals surface area contributed by atoms with Gasteiger partial charge in [0, 0.05) is 18.3 Å². The van der Waals surface area contributed by atoms with Gasteiger partial charge in [-0.25, -0.2) is 0 Å². The first-order chi connectivity index (χ1) is 8.47. The Labute approximate surface area is 106 Å². The van der Waals surface area contributed by atoms with Crippen LogP contribution in [0.25, 0.3) is 11.3 Å². The maximum Gasteiger partial charge on any atom is 0.309 e. The summed E-state index contributed by atoms with van der Waals surface area (Å²) in [5.74, 6) is -0.842. The van der Waals surface area contributed by atoms with E-state index < -0.39 is 5.97 Å². The molecule has 0 radical (unpaired) electrons. The normalized spacial score (nSPS) is 10.6. The van der Waals surface area contributed by atoms with Crippen LogP contribution in [0.1, 0.15) is 16.8 Å². The first-order valence-electron chi connectivity index (χ1n) is 5.79. The molecule has 0 unspecified atom stereocenters. The number of carboxylic acids is 1. The monoisotopic (exact) mass is 244 g/mol. The van der Waals surface area contributed by atoms with Gasteiger partial charge in [-0.05, 0) is 25.5 Å². The second kappa shape index (κ2) is 4.64. The Balaban J connectivity index is 2.42. The average Bonchev–Trinajstić information content (AvgIpc) is 2.59. The number of rotatable bonds is 3. The molecule has 0 atom stereocenters. The van der Waals surface area contributed by atoms with Gasteiger partial charge in [-0.1, -0.05) is 23.8 Å². The average molecular weight is 244 g/mol. The smallest absolute Gasteiger partial charge is 0.309 e. The minimum atomic E-state index is -0.842. The Morgan fingerprint density at radius 3 is 2.67 bits per heavy atom. The van der Waals surface area contributed by atoms with Gasteiger partial charge in [-0.2, -0.15) is 5.10 Å². The van der Waals surface area contributed by atoms with Crippen LogP contribution >= 0.6 is 0 Å². The summed E-state index contributed by atoms with van der Waals surface area (Å²) >= 11 is 0. The van der Waals surface area contributed by atoms with Crippen molar-refractivity contribution in [3.05, 3.63) is 41.1 Å². The topological polar surface area (TPSA) is 55.1 Å². The third kappa shape index (κ3) is 2.42. The van der Waals surface area contributed by atoms with Crippen molar-refractivity contribution in [3.63, 3.8) is 0 Å². The van der Waals surface area contributed by atoms with Crippen LogP contribution in [0.2, 0.25) is 0 Å². The predicted molar refractivity (Wildman–Crippen MR) is 69.5 cm³/mol. The van der Waals surface area contributed by atoms with E-state index in [1.54, 1.807) is 11.7 Å². The fourth-order valence-corrected chi connectivity index (χ4v) is 2.06. The molecule has 4 heteroatoms. The molecule has 94 valence electrons. The Hall–Kier alpha value is -2.10. The van der Waals surface area contributed by atoms with Gasteiger partial charge in [0.1, 0.15) is 0 Å². The van der Waals surface area contributed by atoms with Gasteiger partial charge in [0.25, 0.3) is 0 Å². The molecule has 4 nitrogen and oxygen atoms in total. The fraction of sp³-hybridized carbons (Fsp3) is 0.286. The molecular formula is C14H16N2O2. The minimum absolute atomic E-state index is 0.00555. The van der Waals surface area contributed by atoms with Gasteiger partial charge in [-0.3, -0.25) is 9.48 Å². The van der Waals surface area contributed by atoms with Gasteiger partial charge in [0.05, 0.1) is 12.1 Å². The number of aliphatic carboxylic acids is 1. The lowest BCUT2D eigenvalue weighted by atomic mass is 10.0. The Kier molecular flexibility index (Phi) is 3.19. The summed E-state index contributed by atoms with van der Waals surface area (Å²) in [6.45, 7) is 4.08. The second-order valence-corrected chi connectivity index (χ2v) is 4.53. The Bertz CT molecular complexity index is 600. The summed E-state index contributed by atoms with van der Waals surface area (Å²) in [6, 6.07) is 8.00. The molecule has 18 heavy (non-hydrogen) atoms. The van der Waals surface area contributed by atoms with Crippen molar-refractivity contribution in [2.75, 3.05) is 0 Å². The highest BCUT2D eigenvalue weighted by Crippen LogP contribution is 2.23. The summed E-state index contributed by atoms with van der Waals surface area (Å²) < 4.78 is 1.63. The largest absolute Gasteiger partial charge is 0.481 e. The van der Waals surface area contributed by atoms with Crippen LogP contribution < -0.4 is 0 Å². The third-order valence-electron chi connectivity index (χ3n) is 2.97. The summed E-state index contributed by atoms with van der Waals surface area (Å²) in [7, 11) is 1.77. The maximum atomic E-state index is 10.7. The molecule has 0 amide bonds. The summed E-state index contributed by atoms with van der Waals surface area (Å²) in [6.07, 6.45) is -0.00555. The molecule has 2 rings (SSSR count). The van der Waals surface area contributed by atoms with Crippen molar-refractivity contribution >= 4 is 5.97 Å². The Morgan fingerprint density at radius 1 is 1.33 bits per heavy atom. The van der Waals surface area contributed by atoms with E-state index in [9.17, 15) is 4.79 Å². The third-order valence-corrected chi connectivity index (χ3v) is 2.97. The quantitative estimate of drug-likeness (QED) is 0.901. The van der Waals surface area contributed by atoms with E-state index >= 15 is 0 Å².